The summed E-state index contributed by atoms with van der Waals surface area (Å²) in [5.41, 5.74) is 6.87. The van der Waals surface area contributed by atoms with Crippen LogP contribution in [0.15, 0.2) is 24.3 Å². The fourth-order valence-electron chi connectivity index (χ4n) is 2.15. The molecule has 4 heteroatoms. The van der Waals surface area contributed by atoms with Gasteiger partial charge in [0.05, 0.1) is 5.52 Å². The van der Waals surface area contributed by atoms with Gasteiger partial charge in [-0.25, -0.2) is 4.98 Å². The Morgan fingerprint density at radius 2 is 1.81 bits per heavy atom. The van der Waals surface area contributed by atoms with Gasteiger partial charge >= 0.3 is 0 Å². The molecule has 1 aromatic heterocycles. The van der Waals surface area contributed by atoms with E-state index in [-0.39, 0.29) is 0 Å². The zero-order valence-corrected chi connectivity index (χ0v) is 9.06. The van der Waals surface area contributed by atoms with E-state index in [4.69, 9.17) is 5.73 Å². The van der Waals surface area contributed by atoms with Gasteiger partial charge in [0.25, 0.3) is 0 Å². The van der Waals surface area contributed by atoms with Gasteiger partial charge in [-0.2, -0.15) is 4.98 Å². The molecule has 0 unspecified atom stereocenters. The summed E-state index contributed by atoms with van der Waals surface area (Å²) in [5.74, 6) is 1.35. The van der Waals surface area contributed by atoms with Gasteiger partial charge < -0.3 is 10.6 Å². The molecule has 0 amide bonds. The molecule has 1 fully saturated rings. The molecule has 2 heterocycles. The maximum Gasteiger partial charge on any atom is 0.227 e. The number of hydrogen-bond donors (Lipinski definition) is 1. The van der Waals surface area contributed by atoms with Crippen LogP contribution in [-0.2, 0) is 0 Å². The summed E-state index contributed by atoms with van der Waals surface area (Å²) in [6.45, 7) is 2.08. The number of fused-ring (bicyclic) bond motifs is 1. The SMILES string of the molecule is Nc1nc(N2CCCC2)nc2ccccc12. The number of rotatable bonds is 1. The first kappa shape index (κ1) is 9.39. The molecular weight excluding hydrogens is 200 g/mol. The number of anilines is 2. The standard InChI is InChI=1S/C12H14N4/c13-11-9-5-1-2-6-10(9)14-12(15-11)16-7-3-4-8-16/h1-2,5-6H,3-4,7-8H2,(H2,13,14,15). The predicted molar refractivity (Wildman–Crippen MR) is 65.4 cm³/mol. The van der Waals surface area contributed by atoms with E-state index in [1.165, 1.54) is 12.8 Å². The normalized spacial score (nSPS) is 15.9. The molecule has 2 aromatic rings. The minimum atomic E-state index is 0.576. The van der Waals surface area contributed by atoms with Crippen LogP contribution < -0.4 is 10.6 Å². The molecule has 0 radical (unpaired) electrons. The highest BCUT2D eigenvalue weighted by Gasteiger charge is 2.16. The number of benzene rings is 1. The van der Waals surface area contributed by atoms with Gasteiger partial charge in [0, 0.05) is 18.5 Å². The minimum Gasteiger partial charge on any atom is -0.383 e. The van der Waals surface area contributed by atoms with Crippen molar-refractivity contribution in [1.29, 1.82) is 0 Å². The maximum absolute atomic E-state index is 5.95. The highest BCUT2D eigenvalue weighted by molar-refractivity contribution is 5.88. The Balaban J connectivity index is 2.13. The fourth-order valence-corrected chi connectivity index (χ4v) is 2.15. The average molecular weight is 214 g/mol. The number of aromatic nitrogens is 2. The van der Waals surface area contributed by atoms with E-state index in [0.717, 1.165) is 29.9 Å². The van der Waals surface area contributed by atoms with Crippen LogP contribution in [0.2, 0.25) is 0 Å². The lowest BCUT2D eigenvalue weighted by Gasteiger charge is -2.15. The minimum absolute atomic E-state index is 0.576. The largest absolute Gasteiger partial charge is 0.383 e. The van der Waals surface area contributed by atoms with Gasteiger partial charge in [0.2, 0.25) is 5.95 Å². The molecule has 16 heavy (non-hydrogen) atoms. The van der Waals surface area contributed by atoms with Gasteiger partial charge in [0.15, 0.2) is 0 Å². The Kier molecular flexibility index (Phi) is 2.13. The molecule has 0 saturated carbocycles. The highest BCUT2D eigenvalue weighted by atomic mass is 15.3. The Labute approximate surface area is 94.1 Å². The van der Waals surface area contributed by atoms with Crippen LogP contribution in [0.3, 0.4) is 0 Å². The zero-order chi connectivity index (χ0) is 11.0. The van der Waals surface area contributed by atoms with E-state index >= 15 is 0 Å². The van der Waals surface area contributed by atoms with Crippen molar-refractivity contribution in [3.05, 3.63) is 24.3 Å². The van der Waals surface area contributed by atoms with Crippen molar-refractivity contribution in [3.8, 4) is 0 Å². The van der Waals surface area contributed by atoms with Crippen molar-refractivity contribution < 1.29 is 0 Å². The van der Waals surface area contributed by atoms with Crippen LogP contribution in [0.1, 0.15) is 12.8 Å². The Hall–Kier alpha value is -1.84. The summed E-state index contributed by atoms with van der Waals surface area (Å²) in [7, 11) is 0. The van der Waals surface area contributed by atoms with Gasteiger partial charge in [-0.15, -0.1) is 0 Å². The summed E-state index contributed by atoms with van der Waals surface area (Å²) in [5, 5.41) is 0.936. The maximum atomic E-state index is 5.95. The van der Waals surface area contributed by atoms with Crippen LogP contribution >= 0.6 is 0 Å². The van der Waals surface area contributed by atoms with E-state index in [9.17, 15) is 0 Å². The quantitative estimate of drug-likeness (QED) is 0.786. The van der Waals surface area contributed by atoms with Gasteiger partial charge in [-0.3, -0.25) is 0 Å². The molecule has 0 bridgehead atoms. The van der Waals surface area contributed by atoms with Crippen molar-refractivity contribution >= 4 is 22.7 Å². The summed E-state index contributed by atoms with van der Waals surface area (Å²) >= 11 is 0. The van der Waals surface area contributed by atoms with Crippen molar-refractivity contribution in [2.75, 3.05) is 23.7 Å². The smallest absolute Gasteiger partial charge is 0.227 e. The second-order valence-electron chi connectivity index (χ2n) is 4.12. The lowest BCUT2D eigenvalue weighted by atomic mass is 10.2. The van der Waals surface area contributed by atoms with Crippen molar-refractivity contribution in [2.45, 2.75) is 12.8 Å². The monoisotopic (exact) mass is 214 g/mol. The summed E-state index contributed by atoms with van der Waals surface area (Å²) in [4.78, 5) is 11.1. The van der Waals surface area contributed by atoms with Gasteiger partial charge in [-0.05, 0) is 25.0 Å². The van der Waals surface area contributed by atoms with Crippen molar-refractivity contribution in [3.63, 3.8) is 0 Å². The third-order valence-electron chi connectivity index (χ3n) is 3.01. The van der Waals surface area contributed by atoms with Crippen LogP contribution in [0.25, 0.3) is 10.9 Å². The molecule has 1 aliphatic heterocycles. The molecule has 2 N–H and O–H groups in total. The van der Waals surface area contributed by atoms with E-state index in [1.807, 2.05) is 24.3 Å². The molecule has 1 aromatic carbocycles. The van der Waals surface area contributed by atoms with Crippen molar-refractivity contribution in [1.82, 2.24) is 9.97 Å². The molecule has 1 saturated heterocycles. The first-order valence-electron chi connectivity index (χ1n) is 5.62. The van der Waals surface area contributed by atoms with Crippen molar-refractivity contribution in [2.24, 2.45) is 0 Å². The van der Waals surface area contributed by atoms with Crippen LogP contribution in [0, 0.1) is 0 Å². The first-order chi connectivity index (χ1) is 7.84. The molecule has 0 spiro atoms. The molecule has 4 nitrogen and oxygen atoms in total. The molecule has 0 aliphatic carbocycles. The second-order valence-corrected chi connectivity index (χ2v) is 4.12. The Morgan fingerprint density at radius 1 is 1.06 bits per heavy atom. The number of nitrogen functional groups attached to an aromatic ring is 1. The molecule has 3 rings (SSSR count). The molecular formula is C12H14N4. The Morgan fingerprint density at radius 3 is 2.62 bits per heavy atom. The number of hydrogen-bond acceptors (Lipinski definition) is 4. The zero-order valence-electron chi connectivity index (χ0n) is 9.06. The lowest BCUT2D eigenvalue weighted by Crippen LogP contribution is -2.20. The second kappa shape index (κ2) is 3.63. The molecule has 1 aliphatic rings. The number of para-hydroxylation sites is 1. The number of nitrogens with two attached hydrogens (primary N) is 1. The predicted octanol–water partition coefficient (Wildman–Crippen LogP) is 1.81. The van der Waals surface area contributed by atoms with E-state index in [0.29, 0.717) is 5.82 Å². The molecule has 0 atom stereocenters. The van der Waals surface area contributed by atoms with Crippen LogP contribution in [-0.4, -0.2) is 23.1 Å². The average Bonchev–Trinajstić information content (AvgIpc) is 2.82. The van der Waals surface area contributed by atoms with Gasteiger partial charge in [-0.1, -0.05) is 12.1 Å². The van der Waals surface area contributed by atoms with Gasteiger partial charge in [0.1, 0.15) is 5.82 Å². The van der Waals surface area contributed by atoms with E-state index in [2.05, 4.69) is 14.9 Å². The fraction of sp³-hybridized carbons (Fsp3) is 0.333. The third-order valence-corrected chi connectivity index (χ3v) is 3.01. The topological polar surface area (TPSA) is 55.0 Å². The summed E-state index contributed by atoms with van der Waals surface area (Å²) in [6, 6.07) is 7.87. The number of nitrogens with zero attached hydrogens (tertiary/aromatic N) is 3. The molecule has 82 valence electrons. The van der Waals surface area contributed by atoms with Crippen LogP contribution in [0.4, 0.5) is 11.8 Å². The Bertz CT molecular complexity index is 517. The van der Waals surface area contributed by atoms with E-state index in [1.54, 1.807) is 0 Å². The summed E-state index contributed by atoms with van der Waals surface area (Å²) < 4.78 is 0. The summed E-state index contributed by atoms with van der Waals surface area (Å²) in [6.07, 6.45) is 2.44. The highest BCUT2D eigenvalue weighted by Crippen LogP contribution is 2.22. The first-order valence-corrected chi connectivity index (χ1v) is 5.62. The third kappa shape index (κ3) is 1.46. The lowest BCUT2D eigenvalue weighted by molar-refractivity contribution is 0.909. The van der Waals surface area contributed by atoms with E-state index < -0.39 is 0 Å². The van der Waals surface area contributed by atoms with Crippen LogP contribution in [0.5, 0.6) is 0 Å².